The van der Waals surface area contributed by atoms with Gasteiger partial charge in [-0.2, -0.15) is 0 Å². The Morgan fingerprint density at radius 2 is 1.89 bits per heavy atom. The molecule has 3 rings (SSSR count). The van der Waals surface area contributed by atoms with Gasteiger partial charge in [-0.15, -0.1) is 0 Å². The van der Waals surface area contributed by atoms with Gasteiger partial charge in [0.15, 0.2) is 0 Å². The molecule has 0 fully saturated rings. The SMILES string of the molecule is COc1ccccc1CCNc1cc(C(=O)Nc2ccccc2F)ccn1. The number of nitrogens with zero attached hydrogens (tertiary/aromatic N) is 1. The van der Waals surface area contributed by atoms with Crippen LogP contribution in [0.3, 0.4) is 0 Å². The van der Waals surface area contributed by atoms with Crippen LogP contribution in [0.15, 0.2) is 66.9 Å². The molecule has 0 spiro atoms. The Hall–Kier alpha value is -3.41. The van der Waals surface area contributed by atoms with Crippen LogP contribution in [0.5, 0.6) is 5.75 Å². The Morgan fingerprint density at radius 1 is 1.11 bits per heavy atom. The average Bonchev–Trinajstić information content (AvgIpc) is 2.70. The molecule has 5 nitrogen and oxygen atoms in total. The summed E-state index contributed by atoms with van der Waals surface area (Å²) >= 11 is 0. The second kappa shape index (κ2) is 8.80. The lowest BCUT2D eigenvalue weighted by molar-refractivity contribution is 0.102. The molecule has 1 amide bonds. The van der Waals surface area contributed by atoms with E-state index in [2.05, 4.69) is 15.6 Å². The first-order valence-electron chi connectivity index (χ1n) is 8.55. The van der Waals surface area contributed by atoms with E-state index in [1.165, 1.54) is 12.1 Å². The van der Waals surface area contributed by atoms with Crippen LogP contribution in [0.4, 0.5) is 15.9 Å². The van der Waals surface area contributed by atoms with Crippen LogP contribution in [-0.4, -0.2) is 24.5 Å². The van der Waals surface area contributed by atoms with E-state index in [0.717, 1.165) is 17.7 Å². The minimum atomic E-state index is -0.477. The molecule has 3 aromatic rings. The smallest absolute Gasteiger partial charge is 0.255 e. The average molecular weight is 365 g/mol. The molecule has 0 aliphatic carbocycles. The Bertz CT molecular complexity index is 931. The number of para-hydroxylation sites is 2. The molecule has 0 saturated carbocycles. The summed E-state index contributed by atoms with van der Waals surface area (Å²) in [5, 5.41) is 5.76. The second-order valence-electron chi connectivity index (χ2n) is 5.85. The van der Waals surface area contributed by atoms with Crippen molar-refractivity contribution in [3.63, 3.8) is 0 Å². The monoisotopic (exact) mass is 365 g/mol. The van der Waals surface area contributed by atoms with E-state index < -0.39 is 11.7 Å². The molecular formula is C21H20FN3O2. The van der Waals surface area contributed by atoms with Crippen LogP contribution in [-0.2, 0) is 6.42 Å². The van der Waals surface area contributed by atoms with Crippen molar-refractivity contribution in [2.24, 2.45) is 0 Å². The van der Waals surface area contributed by atoms with Crippen molar-refractivity contribution in [1.29, 1.82) is 0 Å². The van der Waals surface area contributed by atoms with Gasteiger partial charge in [-0.3, -0.25) is 4.79 Å². The summed E-state index contributed by atoms with van der Waals surface area (Å²) in [7, 11) is 1.64. The summed E-state index contributed by atoms with van der Waals surface area (Å²) in [5.41, 5.74) is 1.62. The van der Waals surface area contributed by atoms with E-state index in [4.69, 9.17) is 4.74 Å². The number of aromatic nitrogens is 1. The molecular weight excluding hydrogens is 345 g/mol. The number of rotatable bonds is 7. The quantitative estimate of drug-likeness (QED) is 0.661. The molecule has 0 saturated heterocycles. The second-order valence-corrected chi connectivity index (χ2v) is 5.85. The van der Waals surface area contributed by atoms with Crippen LogP contribution in [0.25, 0.3) is 0 Å². The molecule has 138 valence electrons. The predicted octanol–water partition coefficient (Wildman–Crippen LogP) is 4.14. The summed E-state index contributed by atoms with van der Waals surface area (Å²) in [6, 6.07) is 17.1. The Kier molecular flexibility index (Phi) is 5.99. The van der Waals surface area contributed by atoms with Gasteiger partial charge in [-0.25, -0.2) is 9.37 Å². The Labute approximate surface area is 157 Å². The van der Waals surface area contributed by atoms with Gasteiger partial charge in [0.2, 0.25) is 0 Å². The van der Waals surface area contributed by atoms with Crippen molar-refractivity contribution in [3.05, 3.63) is 83.8 Å². The number of pyridine rings is 1. The number of carbonyl (C=O) groups is 1. The Morgan fingerprint density at radius 3 is 2.70 bits per heavy atom. The molecule has 27 heavy (non-hydrogen) atoms. The number of ether oxygens (including phenoxy) is 1. The summed E-state index contributed by atoms with van der Waals surface area (Å²) < 4.78 is 19.0. The van der Waals surface area contributed by atoms with Gasteiger partial charge in [-0.05, 0) is 42.3 Å². The van der Waals surface area contributed by atoms with Gasteiger partial charge >= 0.3 is 0 Å². The van der Waals surface area contributed by atoms with Crippen molar-refractivity contribution < 1.29 is 13.9 Å². The highest BCUT2D eigenvalue weighted by molar-refractivity contribution is 6.04. The van der Waals surface area contributed by atoms with Gasteiger partial charge < -0.3 is 15.4 Å². The lowest BCUT2D eigenvalue weighted by Crippen LogP contribution is -2.14. The number of hydrogen-bond donors (Lipinski definition) is 2. The fourth-order valence-electron chi connectivity index (χ4n) is 2.66. The fourth-order valence-corrected chi connectivity index (χ4v) is 2.66. The molecule has 1 heterocycles. The molecule has 0 radical (unpaired) electrons. The van der Waals surface area contributed by atoms with Crippen LogP contribution in [0.1, 0.15) is 15.9 Å². The van der Waals surface area contributed by atoms with E-state index in [-0.39, 0.29) is 5.69 Å². The van der Waals surface area contributed by atoms with Crippen LogP contribution in [0, 0.1) is 5.82 Å². The first-order chi connectivity index (χ1) is 13.2. The summed E-state index contributed by atoms with van der Waals surface area (Å²) in [6.45, 7) is 0.631. The topological polar surface area (TPSA) is 63.2 Å². The maximum atomic E-state index is 13.7. The van der Waals surface area contributed by atoms with Gasteiger partial charge in [0, 0.05) is 18.3 Å². The minimum Gasteiger partial charge on any atom is -0.496 e. The fraction of sp³-hybridized carbons (Fsp3) is 0.143. The summed E-state index contributed by atoms with van der Waals surface area (Å²) in [4.78, 5) is 16.6. The summed E-state index contributed by atoms with van der Waals surface area (Å²) in [5.74, 6) is 0.543. The lowest BCUT2D eigenvalue weighted by Gasteiger charge is -2.10. The van der Waals surface area contributed by atoms with Crippen molar-refractivity contribution in [3.8, 4) is 5.75 Å². The molecule has 2 aromatic carbocycles. The van der Waals surface area contributed by atoms with E-state index in [0.29, 0.717) is 17.9 Å². The maximum Gasteiger partial charge on any atom is 0.255 e. The number of carbonyl (C=O) groups excluding carboxylic acids is 1. The predicted molar refractivity (Wildman–Crippen MR) is 104 cm³/mol. The number of amides is 1. The standard InChI is InChI=1S/C21H20FN3O2/c1-27-19-9-5-2-6-15(19)10-12-23-20-14-16(11-13-24-20)21(26)25-18-8-4-3-7-17(18)22/h2-9,11,13-14H,10,12H2,1H3,(H,23,24)(H,25,26). The number of benzene rings is 2. The van der Waals surface area contributed by atoms with Gasteiger partial charge in [0.1, 0.15) is 17.4 Å². The minimum absolute atomic E-state index is 0.144. The molecule has 1 aromatic heterocycles. The van der Waals surface area contributed by atoms with E-state index in [1.807, 2.05) is 24.3 Å². The lowest BCUT2D eigenvalue weighted by atomic mass is 10.1. The highest BCUT2D eigenvalue weighted by Crippen LogP contribution is 2.18. The van der Waals surface area contributed by atoms with Crippen LogP contribution >= 0.6 is 0 Å². The zero-order valence-corrected chi connectivity index (χ0v) is 14.9. The molecule has 6 heteroatoms. The normalized spacial score (nSPS) is 10.3. The first-order valence-corrected chi connectivity index (χ1v) is 8.55. The van der Waals surface area contributed by atoms with Gasteiger partial charge in [0.25, 0.3) is 5.91 Å². The first kappa shape index (κ1) is 18.4. The number of anilines is 2. The number of halogens is 1. The highest BCUT2D eigenvalue weighted by Gasteiger charge is 2.10. The van der Waals surface area contributed by atoms with Crippen molar-refractivity contribution in [2.75, 3.05) is 24.3 Å². The Balaban J connectivity index is 1.62. The highest BCUT2D eigenvalue weighted by atomic mass is 19.1. The van der Waals surface area contributed by atoms with E-state index >= 15 is 0 Å². The third-order valence-corrected chi connectivity index (χ3v) is 4.04. The molecule has 0 bridgehead atoms. The zero-order chi connectivity index (χ0) is 19.1. The molecule has 0 aliphatic rings. The number of hydrogen-bond acceptors (Lipinski definition) is 4. The van der Waals surface area contributed by atoms with E-state index in [1.54, 1.807) is 37.6 Å². The van der Waals surface area contributed by atoms with Crippen molar-refractivity contribution in [2.45, 2.75) is 6.42 Å². The third-order valence-electron chi connectivity index (χ3n) is 4.04. The number of nitrogens with one attached hydrogen (secondary N) is 2. The zero-order valence-electron chi connectivity index (χ0n) is 14.9. The molecule has 0 atom stereocenters. The van der Waals surface area contributed by atoms with E-state index in [9.17, 15) is 9.18 Å². The van der Waals surface area contributed by atoms with Crippen molar-refractivity contribution in [1.82, 2.24) is 4.98 Å². The largest absolute Gasteiger partial charge is 0.496 e. The molecule has 0 aliphatic heterocycles. The van der Waals surface area contributed by atoms with Gasteiger partial charge in [-0.1, -0.05) is 30.3 Å². The number of methoxy groups -OCH3 is 1. The maximum absolute atomic E-state index is 13.7. The van der Waals surface area contributed by atoms with Crippen LogP contribution in [0.2, 0.25) is 0 Å². The van der Waals surface area contributed by atoms with Gasteiger partial charge in [0.05, 0.1) is 12.8 Å². The van der Waals surface area contributed by atoms with Crippen LogP contribution < -0.4 is 15.4 Å². The molecule has 0 unspecified atom stereocenters. The summed E-state index contributed by atoms with van der Waals surface area (Å²) in [6.07, 6.45) is 2.29. The third kappa shape index (κ3) is 4.82. The molecule has 2 N–H and O–H groups in total. The van der Waals surface area contributed by atoms with Crippen molar-refractivity contribution >= 4 is 17.4 Å².